The van der Waals surface area contributed by atoms with Crippen molar-refractivity contribution in [2.24, 2.45) is 11.8 Å². The van der Waals surface area contributed by atoms with Gasteiger partial charge in [0.05, 0.1) is 6.10 Å². The van der Waals surface area contributed by atoms with E-state index < -0.39 is 6.10 Å². The number of likely N-dealkylation sites (tertiary alicyclic amines) is 2. The molecule has 0 unspecified atom stereocenters. The number of hydrogen-bond acceptors (Lipinski definition) is 4. The third kappa shape index (κ3) is 4.31. The summed E-state index contributed by atoms with van der Waals surface area (Å²) in [4.78, 5) is 28.2. The van der Waals surface area contributed by atoms with Crippen molar-refractivity contribution in [1.82, 2.24) is 9.80 Å². The van der Waals surface area contributed by atoms with Crippen molar-refractivity contribution in [3.8, 4) is 0 Å². The number of carbonyl (C=O) groups is 2. The molecule has 136 valence electrons. The highest BCUT2D eigenvalue weighted by Crippen LogP contribution is 2.24. The summed E-state index contributed by atoms with van der Waals surface area (Å²) in [5.74, 6) is 0.188. The van der Waals surface area contributed by atoms with Crippen molar-refractivity contribution >= 4 is 12.0 Å². The van der Waals surface area contributed by atoms with Crippen LogP contribution in [0.15, 0.2) is 30.3 Å². The van der Waals surface area contributed by atoms with Crippen LogP contribution in [0.25, 0.3) is 0 Å². The Bertz CT molecular complexity index is 589. The lowest BCUT2D eigenvalue weighted by molar-refractivity contribution is -0.136. The molecule has 0 bridgehead atoms. The second-order valence-corrected chi connectivity index (χ2v) is 7.09. The van der Waals surface area contributed by atoms with E-state index in [1.54, 1.807) is 9.80 Å². The highest BCUT2D eigenvalue weighted by atomic mass is 16.6. The van der Waals surface area contributed by atoms with E-state index in [1.165, 1.54) is 0 Å². The van der Waals surface area contributed by atoms with E-state index in [0.717, 1.165) is 5.56 Å². The van der Waals surface area contributed by atoms with E-state index in [2.05, 4.69) is 0 Å². The standard InChI is InChI=1S/C19H26N2O4/c1-14-11-21(12-17(14)22)18(23)16-7-9-20(10-8-16)19(24)25-13-15-5-3-2-4-6-15/h2-6,14,16-17,22H,7-13H2,1H3/t14-,17+/m0/s1. The van der Waals surface area contributed by atoms with Crippen molar-refractivity contribution in [1.29, 1.82) is 0 Å². The summed E-state index contributed by atoms with van der Waals surface area (Å²) < 4.78 is 5.35. The quantitative estimate of drug-likeness (QED) is 0.907. The average Bonchev–Trinajstić information content (AvgIpc) is 2.99. The largest absolute Gasteiger partial charge is 0.445 e. The maximum atomic E-state index is 12.6. The third-order valence-corrected chi connectivity index (χ3v) is 5.19. The van der Waals surface area contributed by atoms with Crippen LogP contribution in [-0.4, -0.2) is 59.2 Å². The molecule has 6 nitrogen and oxygen atoms in total. The van der Waals surface area contributed by atoms with Crippen LogP contribution in [0.3, 0.4) is 0 Å². The lowest BCUT2D eigenvalue weighted by Crippen LogP contribution is -2.44. The first kappa shape index (κ1) is 17.7. The van der Waals surface area contributed by atoms with Gasteiger partial charge < -0.3 is 19.6 Å². The summed E-state index contributed by atoms with van der Waals surface area (Å²) in [5.41, 5.74) is 0.961. The molecule has 2 amide bonds. The maximum absolute atomic E-state index is 12.6. The molecule has 6 heteroatoms. The molecule has 2 heterocycles. The number of ether oxygens (including phenoxy) is 1. The van der Waals surface area contributed by atoms with Crippen molar-refractivity contribution < 1.29 is 19.4 Å². The predicted molar refractivity (Wildman–Crippen MR) is 92.7 cm³/mol. The van der Waals surface area contributed by atoms with Gasteiger partial charge in [0.25, 0.3) is 0 Å². The van der Waals surface area contributed by atoms with E-state index in [4.69, 9.17) is 4.74 Å². The van der Waals surface area contributed by atoms with Gasteiger partial charge in [-0.2, -0.15) is 0 Å². The van der Waals surface area contributed by atoms with Crippen molar-refractivity contribution in [3.05, 3.63) is 35.9 Å². The van der Waals surface area contributed by atoms with Crippen LogP contribution in [0.1, 0.15) is 25.3 Å². The highest BCUT2D eigenvalue weighted by Gasteiger charge is 2.36. The van der Waals surface area contributed by atoms with Crippen LogP contribution >= 0.6 is 0 Å². The Kier molecular flexibility index (Phi) is 5.58. The molecule has 0 aromatic heterocycles. The number of piperidine rings is 1. The molecule has 2 saturated heterocycles. The SMILES string of the molecule is C[C@H]1CN(C(=O)C2CCN(C(=O)OCc3ccccc3)CC2)C[C@H]1O. The van der Waals surface area contributed by atoms with Gasteiger partial charge in [-0.3, -0.25) is 4.79 Å². The van der Waals surface area contributed by atoms with Gasteiger partial charge in [-0.25, -0.2) is 4.79 Å². The molecule has 2 aliphatic heterocycles. The Labute approximate surface area is 148 Å². The molecule has 1 N–H and O–H groups in total. The summed E-state index contributed by atoms with van der Waals surface area (Å²) >= 11 is 0. The molecule has 25 heavy (non-hydrogen) atoms. The number of aliphatic hydroxyl groups excluding tert-OH is 1. The monoisotopic (exact) mass is 346 g/mol. The minimum absolute atomic E-state index is 0.0596. The van der Waals surface area contributed by atoms with E-state index in [9.17, 15) is 14.7 Å². The van der Waals surface area contributed by atoms with Crippen LogP contribution in [0.5, 0.6) is 0 Å². The Morgan fingerprint density at radius 3 is 2.40 bits per heavy atom. The van der Waals surface area contributed by atoms with Crippen molar-refractivity contribution in [3.63, 3.8) is 0 Å². The number of rotatable bonds is 3. The fraction of sp³-hybridized carbons (Fsp3) is 0.579. The topological polar surface area (TPSA) is 70.1 Å². The summed E-state index contributed by atoms with van der Waals surface area (Å²) in [6.07, 6.45) is 0.567. The van der Waals surface area contributed by atoms with Gasteiger partial charge in [0, 0.05) is 38.0 Å². The van der Waals surface area contributed by atoms with Gasteiger partial charge in [-0.1, -0.05) is 37.3 Å². The molecule has 2 atom stereocenters. The number of aliphatic hydroxyl groups is 1. The smallest absolute Gasteiger partial charge is 0.410 e. The number of benzene rings is 1. The van der Waals surface area contributed by atoms with Crippen LogP contribution in [-0.2, 0) is 16.1 Å². The fourth-order valence-corrected chi connectivity index (χ4v) is 3.51. The van der Waals surface area contributed by atoms with E-state index >= 15 is 0 Å². The molecule has 0 radical (unpaired) electrons. The number of hydrogen-bond donors (Lipinski definition) is 1. The zero-order chi connectivity index (χ0) is 17.8. The number of carbonyl (C=O) groups excluding carboxylic acids is 2. The van der Waals surface area contributed by atoms with Crippen LogP contribution in [0, 0.1) is 11.8 Å². The second kappa shape index (κ2) is 7.87. The lowest BCUT2D eigenvalue weighted by Gasteiger charge is -2.32. The summed E-state index contributed by atoms with van der Waals surface area (Å²) in [7, 11) is 0. The Morgan fingerprint density at radius 1 is 1.12 bits per heavy atom. The van der Waals surface area contributed by atoms with E-state index in [0.29, 0.717) is 39.0 Å². The van der Waals surface area contributed by atoms with Crippen LogP contribution in [0.4, 0.5) is 4.79 Å². The third-order valence-electron chi connectivity index (χ3n) is 5.19. The summed E-state index contributed by atoms with van der Waals surface area (Å²) in [6.45, 7) is 4.36. The zero-order valence-electron chi connectivity index (χ0n) is 14.6. The molecular weight excluding hydrogens is 320 g/mol. The maximum Gasteiger partial charge on any atom is 0.410 e. The summed E-state index contributed by atoms with van der Waals surface area (Å²) in [6, 6.07) is 9.59. The molecule has 3 rings (SSSR count). The van der Waals surface area contributed by atoms with Crippen LogP contribution in [0.2, 0.25) is 0 Å². The number of amides is 2. The fourth-order valence-electron chi connectivity index (χ4n) is 3.51. The zero-order valence-corrected chi connectivity index (χ0v) is 14.6. The second-order valence-electron chi connectivity index (χ2n) is 7.09. The van der Waals surface area contributed by atoms with Gasteiger partial charge >= 0.3 is 6.09 Å². The number of β-amino-alcohol motifs (C(OH)–C–C–N with tert-alkyl or cyclic N) is 1. The molecule has 0 saturated carbocycles. The predicted octanol–water partition coefficient (Wildman–Crippen LogP) is 1.87. The Hall–Kier alpha value is -2.08. The average molecular weight is 346 g/mol. The normalized spacial score (nSPS) is 24.4. The summed E-state index contributed by atoms with van der Waals surface area (Å²) in [5, 5.41) is 9.82. The van der Waals surface area contributed by atoms with E-state index in [-0.39, 0.29) is 30.4 Å². The van der Waals surface area contributed by atoms with Gasteiger partial charge in [-0.15, -0.1) is 0 Å². The molecule has 0 aliphatic carbocycles. The first-order valence-electron chi connectivity index (χ1n) is 8.97. The minimum atomic E-state index is -0.419. The van der Waals surface area contributed by atoms with Crippen molar-refractivity contribution in [2.45, 2.75) is 32.5 Å². The van der Waals surface area contributed by atoms with E-state index in [1.807, 2.05) is 37.3 Å². The molecular formula is C19H26N2O4. The molecule has 0 spiro atoms. The van der Waals surface area contributed by atoms with Gasteiger partial charge in [0.15, 0.2) is 0 Å². The molecule has 1 aromatic carbocycles. The molecule has 2 fully saturated rings. The van der Waals surface area contributed by atoms with Crippen molar-refractivity contribution in [2.75, 3.05) is 26.2 Å². The van der Waals surface area contributed by atoms with Gasteiger partial charge in [0.2, 0.25) is 5.91 Å². The highest BCUT2D eigenvalue weighted by molar-refractivity contribution is 5.79. The Balaban J connectivity index is 1.43. The van der Waals surface area contributed by atoms with Crippen LogP contribution < -0.4 is 0 Å². The lowest BCUT2D eigenvalue weighted by atomic mass is 9.95. The first-order chi connectivity index (χ1) is 12.0. The molecule has 2 aliphatic rings. The van der Waals surface area contributed by atoms with Gasteiger partial charge in [0.1, 0.15) is 6.61 Å². The Morgan fingerprint density at radius 2 is 1.80 bits per heavy atom. The minimum Gasteiger partial charge on any atom is -0.445 e. The molecule has 1 aromatic rings. The first-order valence-corrected chi connectivity index (χ1v) is 8.97. The number of nitrogens with zero attached hydrogens (tertiary/aromatic N) is 2. The van der Waals surface area contributed by atoms with Gasteiger partial charge in [-0.05, 0) is 18.4 Å².